The molecule has 5 rings (SSSR count). The van der Waals surface area contributed by atoms with E-state index in [4.69, 9.17) is 4.74 Å². The predicted octanol–water partition coefficient (Wildman–Crippen LogP) is 4.45. The molecule has 1 saturated carbocycles. The van der Waals surface area contributed by atoms with Crippen molar-refractivity contribution < 1.29 is 9.53 Å². The van der Waals surface area contributed by atoms with Gasteiger partial charge >= 0.3 is 0 Å². The first kappa shape index (κ1) is 20.2. The number of aryl methyl sites for hydroxylation is 2. The highest BCUT2D eigenvalue weighted by Gasteiger charge is 2.41. The number of hydrogen-bond donors (Lipinski definition) is 0. The van der Waals surface area contributed by atoms with Crippen LogP contribution in [0.1, 0.15) is 40.1 Å². The molecule has 1 aromatic carbocycles. The van der Waals surface area contributed by atoms with Gasteiger partial charge in [-0.3, -0.25) is 4.79 Å². The van der Waals surface area contributed by atoms with Crippen LogP contribution in [0.2, 0.25) is 0 Å². The zero-order valence-electron chi connectivity index (χ0n) is 18.3. The molecule has 1 amide bonds. The number of hydrogen-bond acceptors (Lipinski definition) is 6. The Morgan fingerprint density at radius 1 is 1.23 bits per heavy atom. The van der Waals surface area contributed by atoms with Crippen LogP contribution in [0.5, 0.6) is 5.75 Å². The molecule has 31 heavy (non-hydrogen) atoms. The highest BCUT2D eigenvalue weighted by atomic mass is 32.1. The lowest BCUT2D eigenvalue weighted by Gasteiger charge is -2.26. The fourth-order valence-electron chi connectivity index (χ4n) is 4.89. The van der Waals surface area contributed by atoms with Gasteiger partial charge in [-0.05, 0) is 56.7 Å². The van der Waals surface area contributed by atoms with Crippen LogP contribution in [0, 0.1) is 19.8 Å². The second-order valence-corrected chi connectivity index (χ2v) is 9.81. The van der Waals surface area contributed by atoms with Gasteiger partial charge in [0.25, 0.3) is 5.91 Å². The molecule has 1 saturated heterocycles. The maximum absolute atomic E-state index is 13.3. The van der Waals surface area contributed by atoms with Crippen molar-refractivity contribution in [3.05, 3.63) is 46.6 Å². The van der Waals surface area contributed by atoms with Crippen molar-refractivity contribution >= 4 is 33.3 Å². The third kappa shape index (κ3) is 3.76. The zero-order valence-corrected chi connectivity index (χ0v) is 19.1. The number of aromatic nitrogens is 2. The van der Waals surface area contributed by atoms with Gasteiger partial charge in [-0.15, -0.1) is 11.3 Å². The van der Waals surface area contributed by atoms with Gasteiger partial charge < -0.3 is 14.5 Å². The van der Waals surface area contributed by atoms with Gasteiger partial charge in [0.1, 0.15) is 29.3 Å². The molecule has 2 aromatic heterocycles. The standard InChI is InChI=1S/C24H28N4O2S/c1-15-4-8-19(9-5-15)30-11-10-27(3)22-20-16(2)21(31-23(20)26-14-25-22)24(29)28-13-17-6-7-18(28)12-17/h4-5,8-9,14,17-18H,6-7,10-13H2,1-3H3. The molecule has 1 aliphatic carbocycles. The summed E-state index contributed by atoms with van der Waals surface area (Å²) in [5.74, 6) is 2.59. The lowest BCUT2D eigenvalue weighted by molar-refractivity contribution is 0.0708. The first-order valence-corrected chi connectivity index (χ1v) is 11.8. The minimum absolute atomic E-state index is 0.170. The van der Waals surface area contributed by atoms with Crippen LogP contribution >= 0.6 is 11.3 Å². The number of likely N-dealkylation sites (N-methyl/N-ethyl adjacent to an activating group) is 1. The van der Waals surface area contributed by atoms with E-state index in [1.54, 1.807) is 6.33 Å². The van der Waals surface area contributed by atoms with Crippen molar-refractivity contribution in [2.75, 3.05) is 31.6 Å². The van der Waals surface area contributed by atoms with Crippen molar-refractivity contribution in [1.82, 2.24) is 14.9 Å². The van der Waals surface area contributed by atoms with Gasteiger partial charge in [-0.1, -0.05) is 17.7 Å². The van der Waals surface area contributed by atoms with E-state index in [0.717, 1.165) is 45.2 Å². The summed E-state index contributed by atoms with van der Waals surface area (Å²) in [5.41, 5.74) is 2.21. The summed E-state index contributed by atoms with van der Waals surface area (Å²) < 4.78 is 5.89. The molecule has 2 unspecified atom stereocenters. The van der Waals surface area contributed by atoms with Gasteiger partial charge in [-0.2, -0.15) is 0 Å². The number of ether oxygens (including phenoxy) is 1. The van der Waals surface area contributed by atoms with E-state index in [2.05, 4.69) is 26.7 Å². The molecule has 3 aromatic rings. The van der Waals surface area contributed by atoms with Crippen LogP contribution < -0.4 is 9.64 Å². The maximum Gasteiger partial charge on any atom is 0.264 e. The van der Waals surface area contributed by atoms with Crippen LogP contribution in [0.25, 0.3) is 10.2 Å². The van der Waals surface area contributed by atoms with Crippen molar-refractivity contribution in [3.8, 4) is 5.75 Å². The van der Waals surface area contributed by atoms with E-state index in [9.17, 15) is 4.79 Å². The molecule has 0 radical (unpaired) electrons. The van der Waals surface area contributed by atoms with E-state index in [1.807, 2.05) is 38.2 Å². The average molecular weight is 437 g/mol. The number of rotatable bonds is 6. The molecule has 2 atom stereocenters. The Balaban J connectivity index is 1.34. The first-order chi connectivity index (χ1) is 15.0. The maximum atomic E-state index is 13.3. The summed E-state index contributed by atoms with van der Waals surface area (Å²) in [6, 6.07) is 8.50. The number of fused-ring (bicyclic) bond motifs is 3. The van der Waals surface area contributed by atoms with Crippen LogP contribution in [0.15, 0.2) is 30.6 Å². The molecule has 6 nitrogen and oxygen atoms in total. The molecule has 0 N–H and O–H groups in total. The second-order valence-electron chi connectivity index (χ2n) is 8.81. The lowest BCUT2D eigenvalue weighted by atomic mass is 10.1. The number of carbonyl (C=O) groups is 1. The summed E-state index contributed by atoms with van der Waals surface area (Å²) in [4.78, 5) is 28.2. The minimum Gasteiger partial charge on any atom is -0.492 e. The van der Waals surface area contributed by atoms with E-state index < -0.39 is 0 Å². The van der Waals surface area contributed by atoms with Crippen molar-refractivity contribution in [3.63, 3.8) is 0 Å². The summed E-state index contributed by atoms with van der Waals surface area (Å²) >= 11 is 1.50. The summed E-state index contributed by atoms with van der Waals surface area (Å²) in [7, 11) is 2.01. The van der Waals surface area contributed by atoms with Gasteiger partial charge in [0.2, 0.25) is 0 Å². The molecule has 2 aliphatic rings. The smallest absolute Gasteiger partial charge is 0.264 e. The minimum atomic E-state index is 0.170. The quantitative estimate of drug-likeness (QED) is 0.571. The SMILES string of the molecule is Cc1ccc(OCCN(C)c2ncnc3sc(C(=O)N4CC5CCC4C5)c(C)c23)cc1. The number of benzene rings is 1. The largest absolute Gasteiger partial charge is 0.492 e. The Labute approximate surface area is 186 Å². The first-order valence-electron chi connectivity index (χ1n) is 11.0. The Bertz CT molecular complexity index is 1110. The van der Waals surface area contributed by atoms with Crippen LogP contribution in [0.3, 0.4) is 0 Å². The fraction of sp³-hybridized carbons (Fsp3) is 0.458. The van der Waals surface area contributed by atoms with Gasteiger partial charge in [0.15, 0.2) is 0 Å². The van der Waals surface area contributed by atoms with Crippen LogP contribution in [-0.2, 0) is 0 Å². The van der Waals surface area contributed by atoms with E-state index in [0.29, 0.717) is 25.1 Å². The Morgan fingerprint density at radius 3 is 2.74 bits per heavy atom. The third-order valence-electron chi connectivity index (χ3n) is 6.65. The zero-order chi connectivity index (χ0) is 21.5. The van der Waals surface area contributed by atoms with E-state index in [-0.39, 0.29) is 5.91 Å². The summed E-state index contributed by atoms with van der Waals surface area (Å²) in [6.45, 7) is 6.25. The van der Waals surface area contributed by atoms with E-state index in [1.165, 1.54) is 29.7 Å². The number of anilines is 1. The average Bonchev–Trinajstić information content (AvgIpc) is 3.49. The Hall–Kier alpha value is -2.67. The molecule has 2 bridgehead atoms. The number of amides is 1. The third-order valence-corrected chi connectivity index (χ3v) is 7.84. The summed E-state index contributed by atoms with van der Waals surface area (Å²) in [6.07, 6.45) is 5.18. The van der Waals surface area contributed by atoms with Gasteiger partial charge in [0.05, 0.1) is 16.8 Å². The van der Waals surface area contributed by atoms with E-state index >= 15 is 0 Å². The molecule has 0 spiro atoms. The molecule has 3 heterocycles. The summed E-state index contributed by atoms with van der Waals surface area (Å²) in [5, 5.41) is 0.984. The molecular formula is C24H28N4O2S. The Morgan fingerprint density at radius 2 is 2.03 bits per heavy atom. The highest BCUT2D eigenvalue weighted by molar-refractivity contribution is 7.20. The van der Waals surface area contributed by atoms with Gasteiger partial charge in [-0.25, -0.2) is 9.97 Å². The normalized spacial score (nSPS) is 19.9. The molecular weight excluding hydrogens is 408 g/mol. The second kappa shape index (κ2) is 8.11. The van der Waals surface area contributed by atoms with Crippen molar-refractivity contribution in [2.45, 2.75) is 39.2 Å². The Kier molecular flexibility index (Phi) is 5.30. The molecule has 162 valence electrons. The number of piperidine rings is 1. The van der Waals surface area contributed by atoms with Crippen LogP contribution in [-0.4, -0.2) is 53.6 Å². The number of thiophene rings is 1. The molecule has 1 aliphatic heterocycles. The highest BCUT2D eigenvalue weighted by Crippen LogP contribution is 2.41. The van der Waals surface area contributed by atoms with Gasteiger partial charge in [0, 0.05) is 19.6 Å². The van der Waals surface area contributed by atoms with Crippen molar-refractivity contribution in [2.24, 2.45) is 5.92 Å². The lowest BCUT2D eigenvalue weighted by Crippen LogP contribution is -2.37. The molecule has 2 fully saturated rings. The number of nitrogens with zero attached hydrogens (tertiary/aromatic N) is 4. The number of carbonyl (C=O) groups excluding carboxylic acids is 1. The predicted molar refractivity (Wildman–Crippen MR) is 124 cm³/mol. The number of likely N-dealkylation sites (tertiary alicyclic amines) is 1. The van der Waals surface area contributed by atoms with Crippen LogP contribution in [0.4, 0.5) is 5.82 Å². The van der Waals surface area contributed by atoms with Crippen molar-refractivity contribution in [1.29, 1.82) is 0 Å². The monoisotopic (exact) mass is 436 g/mol. The topological polar surface area (TPSA) is 58.6 Å². The molecule has 7 heteroatoms. The fourth-order valence-corrected chi connectivity index (χ4v) is 5.99.